The van der Waals surface area contributed by atoms with Crippen LogP contribution >= 0.6 is 0 Å². The molecule has 4 aliphatic carbocycles. The minimum Gasteiger partial charge on any atom is -0.378 e. The molecule has 31 heavy (non-hydrogen) atoms. The number of amides is 1. The van der Waals surface area contributed by atoms with Gasteiger partial charge in [0.05, 0.1) is 11.4 Å². The van der Waals surface area contributed by atoms with Gasteiger partial charge in [0.2, 0.25) is 11.8 Å². The maximum Gasteiger partial charge on any atom is 0.226 e. The van der Waals surface area contributed by atoms with Gasteiger partial charge in [-0.05, 0) is 74.8 Å². The molecule has 2 aromatic rings. The summed E-state index contributed by atoms with van der Waals surface area (Å²) < 4.78 is 5.28. The van der Waals surface area contributed by atoms with Crippen LogP contribution in [0.2, 0.25) is 0 Å². The molecular weight excluding hydrogens is 388 g/mol. The molecule has 1 heterocycles. The predicted molar refractivity (Wildman–Crippen MR) is 121 cm³/mol. The van der Waals surface area contributed by atoms with Gasteiger partial charge in [0.25, 0.3) is 0 Å². The molecule has 0 saturated heterocycles. The second-order valence-electron chi connectivity index (χ2n) is 10.5. The summed E-state index contributed by atoms with van der Waals surface area (Å²) >= 11 is 0. The Kier molecular flexibility index (Phi) is 5.49. The molecule has 4 fully saturated rings. The minimum absolute atomic E-state index is 0.0309. The molecule has 6 rings (SSSR count). The largest absolute Gasteiger partial charge is 0.378 e. The summed E-state index contributed by atoms with van der Waals surface area (Å²) in [7, 11) is 0. The van der Waals surface area contributed by atoms with Gasteiger partial charge in [-0.3, -0.25) is 4.79 Å². The van der Waals surface area contributed by atoms with Gasteiger partial charge in [-0.1, -0.05) is 31.1 Å². The Balaban J connectivity index is 1.18. The normalized spacial score (nSPS) is 28.8. The number of hydrogen-bond acceptors (Lipinski definition) is 5. The van der Waals surface area contributed by atoms with Gasteiger partial charge >= 0.3 is 0 Å². The number of benzene rings is 1. The smallest absolute Gasteiger partial charge is 0.226 e. The van der Waals surface area contributed by atoms with Crippen LogP contribution in [0.15, 0.2) is 28.8 Å². The number of rotatable bonds is 8. The van der Waals surface area contributed by atoms with Crippen LogP contribution in [0.25, 0.3) is 0 Å². The third-order valence-corrected chi connectivity index (χ3v) is 7.43. The maximum absolute atomic E-state index is 12.6. The van der Waals surface area contributed by atoms with Crippen LogP contribution < -0.4 is 10.6 Å². The molecule has 1 amide bonds. The fraction of sp³-hybridized carbons (Fsp3) is 0.640. The SMILES string of the molecule is CC(C)c1noc(CCCC(=O)Nc2ccccc2NC23CC4CC(CC(C4)C2)C3)n1. The molecule has 1 aromatic heterocycles. The van der Waals surface area contributed by atoms with Crippen molar-refractivity contribution >= 4 is 17.3 Å². The van der Waals surface area contributed by atoms with E-state index in [9.17, 15) is 4.79 Å². The van der Waals surface area contributed by atoms with Gasteiger partial charge in [-0.15, -0.1) is 0 Å². The summed E-state index contributed by atoms with van der Waals surface area (Å²) in [5.74, 6) is 4.29. The highest BCUT2D eigenvalue weighted by Gasteiger charge is 2.51. The van der Waals surface area contributed by atoms with Crippen molar-refractivity contribution in [3.8, 4) is 0 Å². The fourth-order valence-corrected chi connectivity index (χ4v) is 6.47. The molecular formula is C25H34N4O2. The van der Waals surface area contributed by atoms with Crippen molar-refractivity contribution in [2.24, 2.45) is 17.8 Å². The second kappa shape index (κ2) is 8.29. The van der Waals surface area contributed by atoms with E-state index >= 15 is 0 Å². The Morgan fingerprint density at radius 3 is 2.35 bits per heavy atom. The second-order valence-corrected chi connectivity index (χ2v) is 10.5. The number of aromatic nitrogens is 2. The Morgan fingerprint density at radius 1 is 1.10 bits per heavy atom. The first-order valence-corrected chi connectivity index (χ1v) is 12.0. The van der Waals surface area contributed by atoms with E-state index in [1.54, 1.807) is 0 Å². The standard InChI is InChI=1S/C25H34N4O2/c1-16(2)24-27-23(31-29-24)9-5-8-22(30)26-20-6-3-4-7-21(20)28-25-13-17-10-18(14-25)12-19(11-17)15-25/h3-4,6-7,16-19,28H,5,8-15H2,1-2H3,(H,26,30). The third kappa shape index (κ3) is 4.48. The molecule has 1 aromatic carbocycles. The Morgan fingerprint density at radius 2 is 1.74 bits per heavy atom. The van der Waals surface area contributed by atoms with Crippen molar-refractivity contribution in [1.29, 1.82) is 0 Å². The van der Waals surface area contributed by atoms with E-state index in [-0.39, 0.29) is 17.4 Å². The summed E-state index contributed by atoms with van der Waals surface area (Å²) in [5, 5.41) is 11.0. The van der Waals surface area contributed by atoms with Crippen LogP contribution in [0.3, 0.4) is 0 Å². The zero-order chi connectivity index (χ0) is 21.4. The van der Waals surface area contributed by atoms with Gasteiger partial charge in [0, 0.05) is 24.3 Å². The van der Waals surface area contributed by atoms with Crippen LogP contribution in [0.1, 0.15) is 82.8 Å². The van der Waals surface area contributed by atoms with Gasteiger partial charge in [0.15, 0.2) is 5.82 Å². The van der Waals surface area contributed by atoms with E-state index in [4.69, 9.17) is 4.52 Å². The van der Waals surface area contributed by atoms with E-state index in [0.29, 0.717) is 25.2 Å². The van der Waals surface area contributed by atoms with Gasteiger partial charge in [-0.25, -0.2) is 0 Å². The Hall–Kier alpha value is -2.37. The highest BCUT2D eigenvalue weighted by atomic mass is 16.5. The van der Waals surface area contributed by atoms with E-state index in [2.05, 4.69) is 32.9 Å². The summed E-state index contributed by atoms with van der Waals surface area (Å²) in [6.45, 7) is 4.08. The maximum atomic E-state index is 12.6. The third-order valence-electron chi connectivity index (χ3n) is 7.43. The Labute approximate surface area is 184 Å². The molecule has 0 unspecified atom stereocenters. The highest BCUT2D eigenvalue weighted by Crippen LogP contribution is 2.56. The first kappa shape index (κ1) is 20.5. The lowest BCUT2D eigenvalue weighted by atomic mass is 9.53. The van der Waals surface area contributed by atoms with Crippen LogP contribution in [0.4, 0.5) is 11.4 Å². The van der Waals surface area contributed by atoms with E-state index in [0.717, 1.165) is 35.0 Å². The zero-order valence-electron chi connectivity index (χ0n) is 18.7. The predicted octanol–water partition coefficient (Wildman–Crippen LogP) is 5.54. The Bertz CT molecular complexity index is 900. The van der Waals surface area contributed by atoms with Crippen molar-refractivity contribution in [1.82, 2.24) is 10.1 Å². The molecule has 2 N–H and O–H groups in total. The van der Waals surface area contributed by atoms with Crippen molar-refractivity contribution in [3.05, 3.63) is 36.0 Å². The molecule has 4 saturated carbocycles. The van der Waals surface area contributed by atoms with Crippen molar-refractivity contribution in [3.63, 3.8) is 0 Å². The quantitative estimate of drug-likeness (QED) is 0.584. The number of nitrogens with zero attached hydrogens (tertiary/aromatic N) is 2. The number of hydrogen-bond donors (Lipinski definition) is 2. The number of para-hydroxylation sites is 2. The summed E-state index contributed by atoms with van der Waals surface area (Å²) in [6, 6.07) is 8.17. The summed E-state index contributed by atoms with van der Waals surface area (Å²) in [4.78, 5) is 17.0. The summed E-state index contributed by atoms with van der Waals surface area (Å²) in [5.41, 5.74) is 2.18. The van der Waals surface area contributed by atoms with Crippen molar-refractivity contribution in [2.75, 3.05) is 10.6 Å². The van der Waals surface area contributed by atoms with Crippen LogP contribution in [-0.4, -0.2) is 21.6 Å². The average molecular weight is 423 g/mol. The molecule has 0 spiro atoms. The highest BCUT2D eigenvalue weighted by molar-refractivity contribution is 5.94. The van der Waals surface area contributed by atoms with E-state index in [1.807, 2.05) is 26.0 Å². The lowest BCUT2D eigenvalue weighted by Gasteiger charge is -2.57. The van der Waals surface area contributed by atoms with Gasteiger partial charge < -0.3 is 15.2 Å². The summed E-state index contributed by atoms with van der Waals surface area (Å²) in [6.07, 6.45) is 9.88. The first-order chi connectivity index (χ1) is 15.0. The van der Waals surface area contributed by atoms with E-state index in [1.165, 1.54) is 38.5 Å². The lowest BCUT2D eigenvalue weighted by Crippen LogP contribution is -2.54. The number of anilines is 2. The zero-order valence-corrected chi connectivity index (χ0v) is 18.7. The lowest BCUT2D eigenvalue weighted by molar-refractivity contribution is -0.116. The minimum atomic E-state index is 0.0309. The fourth-order valence-electron chi connectivity index (χ4n) is 6.47. The van der Waals surface area contributed by atoms with Gasteiger partial charge in [0.1, 0.15) is 0 Å². The average Bonchev–Trinajstić information content (AvgIpc) is 3.17. The monoisotopic (exact) mass is 422 g/mol. The molecule has 4 aliphatic rings. The van der Waals surface area contributed by atoms with Crippen molar-refractivity contribution < 1.29 is 9.32 Å². The molecule has 6 heteroatoms. The van der Waals surface area contributed by atoms with Crippen LogP contribution in [-0.2, 0) is 11.2 Å². The molecule has 0 radical (unpaired) electrons. The number of aryl methyl sites for hydroxylation is 1. The molecule has 0 aliphatic heterocycles. The molecule has 166 valence electrons. The molecule has 4 bridgehead atoms. The van der Waals surface area contributed by atoms with E-state index < -0.39 is 0 Å². The van der Waals surface area contributed by atoms with Gasteiger partial charge in [-0.2, -0.15) is 4.98 Å². The van der Waals surface area contributed by atoms with Crippen LogP contribution in [0, 0.1) is 17.8 Å². The molecule has 0 atom stereocenters. The molecule has 6 nitrogen and oxygen atoms in total. The number of carbonyl (C=O) groups is 1. The number of carbonyl (C=O) groups excluding carboxylic acids is 1. The van der Waals surface area contributed by atoms with Crippen molar-refractivity contribution in [2.45, 2.75) is 83.1 Å². The first-order valence-electron chi connectivity index (χ1n) is 12.0. The topological polar surface area (TPSA) is 80.0 Å². The number of nitrogens with one attached hydrogen (secondary N) is 2. The van der Waals surface area contributed by atoms with Crippen LogP contribution in [0.5, 0.6) is 0 Å².